The molecule has 0 saturated carbocycles. The van der Waals surface area contributed by atoms with Crippen LogP contribution in [0.4, 0.5) is 11.5 Å². The van der Waals surface area contributed by atoms with Crippen LogP contribution >= 0.6 is 0 Å². The molecule has 4 N–H and O–H groups in total. The second kappa shape index (κ2) is 4.73. The number of nitrogens with two attached hydrogens (primary N) is 1. The summed E-state index contributed by atoms with van der Waals surface area (Å²) in [5, 5.41) is 10.8. The lowest BCUT2D eigenvalue weighted by molar-refractivity contribution is 0.905. The summed E-state index contributed by atoms with van der Waals surface area (Å²) in [4.78, 5) is 12.0. The molecule has 2 aromatic heterocycles. The van der Waals surface area contributed by atoms with E-state index in [1.165, 1.54) is 0 Å². The van der Waals surface area contributed by atoms with Crippen molar-refractivity contribution in [3.8, 4) is 0 Å². The zero-order valence-corrected chi connectivity index (χ0v) is 11.1. The van der Waals surface area contributed by atoms with Gasteiger partial charge in [-0.05, 0) is 6.07 Å². The van der Waals surface area contributed by atoms with Gasteiger partial charge >= 0.3 is 0 Å². The maximum Gasteiger partial charge on any atom is 0.252 e. The number of nitrogens with one attached hydrogen (secondary N) is 2. The molecule has 3 aromatic rings. The van der Waals surface area contributed by atoms with Crippen LogP contribution in [0.15, 0.2) is 41.3 Å². The van der Waals surface area contributed by atoms with Crippen molar-refractivity contribution >= 4 is 22.4 Å². The number of rotatable bonds is 3. The molecule has 1 aromatic carbocycles. The van der Waals surface area contributed by atoms with Crippen LogP contribution in [0, 0.1) is 0 Å². The van der Waals surface area contributed by atoms with Gasteiger partial charge in [0.25, 0.3) is 5.56 Å². The van der Waals surface area contributed by atoms with E-state index in [0.29, 0.717) is 12.4 Å². The molecule has 2 heterocycles. The van der Waals surface area contributed by atoms with Crippen molar-refractivity contribution in [3.05, 3.63) is 52.4 Å². The zero-order chi connectivity index (χ0) is 14.1. The minimum absolute atomic E-state index is 0.0497. The molecule has 0 radical (unpaired) electrons. The number of benzene rings is 1. The molecule has 0 amide bonds. The lowest BCUT2D eigenvalue weighted by Gasteiger charge is -2.11. The summed E-state index contributed by atoms with van der Waals surface area (Å²) >= 11 is 0. The third-order valence-corrected chi connectivity index (χ3v) is 3.37. The van der Waals surface area contributed by atoms with Crippen LogP contribution < -0.4 is 16.6 Å². The van der Waals surface area contributed by atoms with E-state index in [-0.39, 0.29) is 5.56 Å². The summed E-state index contributed by atoms with van der Waals surface area (Å²) in [6, 6.07) is 9.37. The first-order chi connectivity index (χ1) is 9.66. The molecular formula is C14H15N5O. The Hall–Kier alpha value is -2.76. The van der Waals surface area contributed by atoms with E-state index in [4.69, 9.17) is 5.73 Å². The Labute approximate surface area is 115 Å². The summed E-state index contributed by atoms with van der Waals surface area (Å²) in [6.45, 7) is 0.513. The second-order valence-corrected chi connectivity index (χ2v) is 4.63. The van der Waals surface area contributed by atoms with Crippen LogP contribution in [-0.2, 0) is 13.6 Å². The van der Waals surface area contributed by atoms with Gasteiger partial charge in [0.1, 0.15) is 5.82 Å². The molecule has 0 saturated heterocycles. The van der Waals surface area contributed by atoms with Crippen LogP contribution in [0.3, 0.4) is 0 Å². The average Bonchev–Trinajstić information content (AvgIpc) is 2.87. The molecule has 0 spiro atoms. The van der Waals surface area contributed by atoms with Gasteiger partial charge in [0.15, 0.2) is 0 Å². The number of pyridine rings is 1. The summed E-state index contributed by atoms with van der Waals surface area (Å²) in [5.74, 6) is 0.533. The Kier molecular flexibility index (Phi) is 2.90. The number of nitrogen functional groups attached to an aromatic ring is 1. The number of nitrogens with zero attached hydrogens (tertiary/aromatic N) is 2. The number of aromatic amines is 1. The molecule has 0 fully saturated rings. The SMILES string of the molecule is Cn1c(=O)cc(NCc2cn[nH]c2N)c2ccccc21. The standard InChI is InChI=1S/C14H15N5O/c1-19-12-5-3-2-4-10(12)11(6-13(19)20)16-7-9-8-17-18-14(9)15/h2-6,8,16H,7H2,1H3,(H3,15,17,18). The van der Waals surface area contributed by atoms with Crippen LogP contribution in [0.2, 0.25) is 0 Å². The average molecular weight is 269 g/mol. The van der Waals surface area contributed by atoms with E-state index in [2.05, 4.69) is 15.5 Å². The van der Waals surface area contributed by atoms with Crippen LogP contribution in [0.25, 0.3) is 10.9 Å². The monoisotopic (exact) mass is 269 g/mol. The molecule has 0 aliphatic rings. The van der Waals surface area contributed by atoms with Crippen molar-refractivity contribution < 1.29 is 0 Å². The van der Waals surface area contributed by atoms with Crippen molar-refractivity contribution in [2.45, 2.75) is 6.54 Å². The maximum atomic E-state index is 12.0. The largest absolute Gasteiger partial charge is 0.384 e. The van der Waals surface area contributed by atoms with Crippen LogP contribution in [0.1, 0.15) is 5.56 Å². The first-order valence-electron chi connectivity index (χ1n) is 6.27. The van der Waals surface area contributed by atoms with Gasteiger partial charge < -0.3 is 15.6 Å². The smallest absolute Gasteiger partial charge is 0.252 e. The number of H-pyrrole nitrogens is 1. The third-order valence-electron chi connectivity index (χ3n) is 3.37. The Morgan fingerprint density at radius 1 is 1.40 bits per heavy atom. The van der Waals surface area contributed by atoms with E-state index < -0.39 is 0 Å². The minimum Gasteiger partial charge on any atom is -0.384 e. The van der Waals surface area contributed by atoms with Crippen molar-refractivity contribution in [1.82, 2.24) is 14.8 Å². The normalized spacial score (nSPS) is 10.8. The molecule has 0 unspecified atom stereocenters. The molecule has 20 heavy (non-hydrogen) atoms. The first kappa shape index (κ1) is 12.3. The fourth-order valence-electron chi connectivity index (χ4n) is 2.21. The number of aromatic nitrogens is 3. The highest BCUT2D eigenvalue weighted by Gasteiger charge is 2.07. The summed E-state index contributed by atoms with van der Waals surface area (Å²) in [6.07, 6.45) is 1.67. The highest BCUT2D eigenvalue weighted by Crippen LogP contribution is 2.21. The predicted octanol–water partition coefficient (Wildman–Crippen LogP) is 1.46. The molecule has 0 bridgehead atoms. The Balaban J connectivity index is 2.01. The highest BCUT2D eigenvalue weighted by atomic mass is 16.1. The number of hydrogen-bond donors (Lipinski definition) is 3. The summed E-state index contributed by atoms with van der Waals surface area (Å²) in [7, 11) is 1.77. The fraction of sp³-hybridized carbons (Fsp3) is 0.143. The Bertz CT molecular complexity index is 818. The molecule has 6 heteroatoms. The van der Waals surface area contributed by atoms with Crippen LogP contribution in [-0.4, -0.2) is 14.8 Å². The third kappa shape index (κ3) is 2.01. The Morgan fingerprint density at radius 3 is 2.95 bits per heavy atom. The van der Waals surface area contributed by atoms with Gasteiger partial charge in [0.05, 0.1) is 11.7 Å². The lowest BCUT2D eigenvalue weighted by atomic mass is 10.1. The van der Waals surface area contributed by atoms with Crippen molar-refractivity contribution in [2.75, 3.05) is 11.1 Å². The molecule has 0 aliphatic heterocycles. The first-order valence-corrected chi connectivity index (χ1v) is 6.27. The van der Waals surface area contributed by atoms with Crippen molar-refractivity contribution in [2.24, 2.45) is 7.05 Å². The summed E-state index contributed by atoms with van der Waals surface area (Å²) < 4.78 is 1.63. The van der Waals surface area contributed by atoms with E-state index in [1.807, 2.05) is 24.3 Å². The number of fused-ring (bicyclic) bond motifs is 1. The molecule has 0 aliphatic carbocycles. The van der Waals surface area contributed by atoms with Gasteiger partial charge in [-0.25, -0.2) is 0 Å². The number of hydrogen-bond acceptors (Lipinski definition) is 4. The van der Waals surface area contributed by atoms with Gasteiger partial charge in [0.2, 0.25) is 0 Å². The van der Waals surface area contributed by atoms with E-state index in [9.17, 15) is 4.79 Å². The molecular weight excluding hydrogens is 254 g/mol. The van der Waals surface area contributed by atoms with Gasteiger partial charge in [-0.1, -0.05) is 18.2 Å². The maximum absolute atomic E-state index is 12.0. The van der Waals surface area contributed by atoms with Crippen molar-refractivity contribution in [3.63, 3.8) is 0 Å². The summed E-state index contributed by atoms with van der Waals surface area (Å²) in [5.41, 5.74) is 8.25. The van der Waals surface area contributed by atoms with Gasteiger partial charge in [-0.2, -0.15) is 5.10 Å². The van der Waals surface area contributed by atoms with Gasteiger partial charge in [0, 0.05) is 36.3 Å². The second-order valence-electron chi connectivity index (χ2n) is 4.63. The van der Waals surface area contributed by atoms with Crippen molar-refractivity contribution in [1.29, 1.82) is 0 Å². The molecule has 102 valence electrons. The Morgan fingerprint density at radius 2 is 2.20 bits per heavy atom. The predicted molar refractivity (Wildman–Crippen MR) is 79.5 cm³/mol. The molecule has 0 atom stereocenters. The number of anilines is 2. The molecule has 6 nitrogen and oxygen atoms in total. The topological polar surface area (TPSA) is 88.7 Å². The quantitative estimate of drug-likeness (QED) is 0.671. The van der Waals surface area contributed by atoms with E-state index in [0.717, 1.165) is 22.2 Å². The lowest BCUT2D eigenvalue weighted by Crippen LogP contribution is -2.17. The molecule has 3 rings (SSSR count). The van der Waals surface area contributed by atoms with Gasteiger partial charge in [-0.15, -0.1) is 0 Å². The van der Waals surface area contributed by atoms with Crippen LogP contribution in [0.5, 0.6) is 0 Å². The van der Waals surface area contributed by atoms with E-state index >= 15 is 0 Å². The minimum atomic E-state index is -0.0497. The van der Waals surface area contributed by atoms with E-state index in [1.54, 1.807) is 23.9 Å². The highest BCUT2D eigenvalue weighted by molar-refractivity contribution is 5.91. The van der Waals surface area contributed by atoms with Gasteiger partial charge in [-0.3, -0.25) is 9.89 Å². The zero-order valence-electron chi connectivity index (χ0n) is 11.1. The number of aryl methyl sites for hydroxylation is 1. The number of para-hydroxylation sites is 1. The fourth-order valence-corrected chi connectivity index (χ4v) is 2.21.